The molecule has 2 rings (SSSR count). The van der Waals surface area contributed by atoms with Crippen LogP contribution in [-0.2, 0) is 0 Å². The third kappa shape index (κ3) is 4.04. The summed E-state index contributed by atoms with van der Waals surface area (Å²) in [7, 11) is 2.03. The van der Waals surface area contributed by atoms with Gasteiger partial charge in [0.05, 0.1) is 11.7 Å². The van der Waals surface area contributed by atoms with Crippen LogP contribution in [0, 0.1) is 0 Å². The topological polar surface area (TPSA) is 46.0 Å². The highest BCUT2D eigenvalue weighted by atomic mass is 32.1. The number of nitrogens with one attached hydrogen (secondary N) is 1. The maximum atomic E-state index is 5.45. The molecule has 0 spiro atoms. The summed E-state index contributed by atoms with van der Waals surface area (Å²) < 4.78 is 1.75. The van der Waals surface area contributed by atoms with Crippen molar-refractivity contribution in [1.29, 1.82) is 0 Å². The van der Waals surface area contributed by atoms with Gasteiger partial charge in [0.1, 0.15) is 12.7 Å². The molecule has 0 bridgehead atoms. The van der Waals surface area contributed by atoms with Crippen LogP contribution in [0.4, 0.5) is 0 Å². The van der Waals surface area contributed by atoms with Crippen LogP contribution in [-0.4, -0.2) is 38.4 Å². The average molecular weight is 317 g/mol. The van der Waals surface area contributed by atoms with Crippen molar-refractivity contribution in [2.24, 2.45) is 0 Å². The Balaban J connectivity index is 1.99. The molecule has 1 N–H and O–H groups in total. The number of nitrogens with zero attached hydrogens (tertiary/aromatic N) is 4. The standard InChI is InChI=1S/C16H23N5S/c1-4-5-10-18-16(22)20(3)13(2)14-6-8-15(9-7-14)21-12-17-11-19-21/h6-9,11-13H,4-5,10H2,1-3H3,(H,18,22)/t13-/m1/s1. The van der Waals surface area contributed by atoms with Gasteiger partial charge in [0, 0.05) is 13.6 Å². The Morgan fingerprint density at radius 1 is 1.36 bits per heavy atom. The Bertz CT molecular complexity index is 579. The highest BCUT2D eigenvalue weighted by Gasteiger charge is 2.14. The van der Waals surface area contributed by atoms with Gasteiger partial charge in [0.15, 0.2) is 5.11 Å². The first kappa shape index (κ1) is 16.4. The molecule has 0 aliphatic carbocycles. The van der Waals surface area contributed by atoms with E-state index >= 15 is 0 Å². The van der Waals surface area contributed by atoms with Crippen LogP contribution in [0.1, 0.15) is 38.3 Å². The third-order valence-electron chi connectivity index (χ3n) is 3.77. The van der Waals surface area contributed by atoms with E-state index in [0.29, 0.717) is 0 Å². The van der Waals surface area contributed by atoms with E-state index in [2.05, 4.69) is 46.3 Å². The Kier molecular flexibility index (Phi) is 5.89. The third-order valence-corrected chi connectivity index (χ3v) is 4.20. The van der Waals surface area contributed by atoms with Crippen LogP contribution < -0.4 is 5.32 Å². The minimum Gasteiger partial charge on any atom is -0.363 e. The molecule has 118 valence electrons. The molecular formula is C16H23N5S. The maximum Gasteiger partial charge on any atom is 0.169 e. The highest BCUT2D eigenvalue weighted by molar-refractivity contribution is 7.80. The number of rotatable bonds is 6. The van der Waals surface area contributed by atoms with Crippen LogP contribution in [0.25, 0.3) is 5.69 Å². The van der Waals surface area contributed by atoms with Gasteiger partial charge in [-0.25, -0.2) is 9.67 Å². The van der Waals surface area contributed by atoms with Crippen molar-refractivity contribution in [2.75, 3.05) is 13.6 Å². The van der Waals surface area contributed by atoms with Gasteiger partial charge in [0.2, 0.25) is 0 Å². The normalized spacial score (nSPS) is 12.0. The highest BCUT2D eigenvalue weighted by Crippen LogP contribution is 2.20. The van der Waals surface area contributed by atoms with Gasteiger partial charge in [-0.1, -0.05) is 25.5 Å². The molecule has 0 aliphatic heterocycles. The molecule has 0 radical (unpaired) electrons. The molecule has 5 nitrogen and oxygen atoms in total. The lowest BCUT2D eigenvalue weighted by atomic mass is 10.1. The lowest BCUT2D eigenvalue weighted by Gasteiger charge is -2.28. The van der Waals surface area contributed by atoms with E-state index in [4.69, 9.17) is 12.2 Å². The van der Waals surface area contributed by atoms with E-state index < -0.39 is 0 Å². The lowest BCUT2D eigenvalue weighted by Crippen LogP contribution is -2.38. The van der Waals surface area contributed by atoms with Gasteiger partial charge in [-0.3, -0.25) is 0 Å². The fraction of sp³-hybridized carbons (Fsp3) is 0.438. The predicted molar refractivity (Wildman–Crippen MR) is 93.0 cm³/mol. The summed E-state index contributed by atoms with van der Waals surface area (Å²) in [5.74, 6) is 0. The van der Waals surface area contributed by atoms with Crippen molar-refractivity contribution in [2.45, 2.75) is 32.7 Å². The molecule has 6 heteroatoms. The summed E-state index contributed by atoms with van der Waals surface area (Å²) in [4.78, 5) is 6.05. The summed E-state index contributed by atoms with van der Waals surface area (Å²) in [5, 5.41) is 8.23. The van der Waals surface area contributed by atoms with Gasteiger partial charge < -0.3 is 10.2 Å². The number of aromatic nitrogens is 3. The smallest absolute Gasteiger partial charge is 0.169 e. The molecule has 0 unspecified atom stereocenters. The fourth-order valence-corrected chi connectivity index (χ4v) is 2.40. The van der Waals surface area contributed by atoms with Gasteiger partial charge in [0.25, 0.3) is 0 Å². The monoisotopic (exact) mass is 317 g/mol. The first-order valence-electron chi connectivity index (χ1n) is 7.59. The molecule has 0 fully saturated rings. The molecule has 0 saturated carbocycles. The second-order valence-electron chi connectivity index (χ2n) is 5.30. The Morgan fingerprint density at radius 2 is 2.09 bits per heavy atom. The Labute approximate surface area is 137 Å². The Morgan fingerprint density at radius 3 is 2.68 bits per heavy atom. The van der Waals surface area contributed by atoms with E-state index in [1.54, 1.807) is 11.0 Å². The molecule has 0 aliphatic rings. The zero-order valence-corrected chi connectivity index (χ0v) is 14.2. The fourth-order valence-electron chi connectivity index (χ4n) is 2.14. The SMILES string of the molecule is CCCCNC(=S)N(C)[C@H](C)c1ccc(-n2cncn2)cc1. The van der Waals surface area contributed by atoms with Crippen LogP contribution in [0.2, 0.25) is 0 Å². The van der Waals surface area contributed by atoms with Gasteiger partial charge in [-0.15, -0.1) is 0 Å². The summed E-state index contributed by atoms with van der Waals surface area (Å²) >= 11 is 5.45. The van der Waals surface area contributed by atoms with Crippen molar-refractivity contribution in [3.05, 3.63) is 42.5 Å². The predicted octanol–water partition coefficient (Wildman–Crippen LogP) is 2.93. The number of thiocarbonyl (C=S) groups is 1. The molecule has 0 amide bonds. The minimum absolute atomic E-state index is 0.214. The van der Waals surface area contributed by atoms with Crippen LogP contribution in [0.5, 0.6) is 0 Å². The van der Waals surface area contributed by atoms with E-state index in [9.17, 15) is 0 Å². The zero-order valence-electron chi connectivity index (χ0n) is 13.4. The second kappa shape index (κ2) is 7.89. The van der Waals surface area contributed by atoms with Crippen molar-refractivity contribution < 1.29 is 0 Å². The molecule has 1 heterocycles. The number of unbranched alkanes of at least 4 members (excludes halogenated alkanes) is 1. The quantitative estimate of drug-likeness (QED) is 0.655. The van der Waals surface area contributed by atoms with Gasteiger partial charge >= 0.3 is 0 Å². The van der Waals surface area contributed by atoms with Crippen molar-refractivity contribution in [3.63, 3.8) is 0 Å². The molecule has 0 saturated heterocycles. The second-order valence-corrected chi connectivity index (χ2v) is 5.69. The van der Waals surface area contributed by atoms with E-state index in [-0.39, 0.29) is 6.04 Å². The van der Waals surface area contributed by atoms with Crippen LogP contribution >= 0.6 is 12.2 Å². The molecule has 2 aromatic rings. The van der Waals surface area contributed by atoms with E-state index in [1.165, 1.54) is 18.3 Å². The summed E-state index contributed by atoms with van der Waals surface area (Å²) in [6.45, 7) is 5.25. The van der Waals surface area contributed by atoms with Gasteiger partial charge in [-0.05, 0) is 43.3 Å². The minimum atomic E-state index is 0.214. The molecule has 1 aromatic heterocycles. The van der Waals surface area contributed by atoms with Crippen LogP contribution in [0.3, 0.4) is 0 Å². The summed E-state index contributed by atoms with van der Waals surface area (Å²) in [6, 6.07) is 8.51. The molecule has 22 heavy (non-hydrogen) atoms. The summed E-state index contributed by atoms with van der Waals surface area (Å²) in [6.07, 6.45) is 5.52. The van der Waals surface area contributed by atoms with Crippen LogP contribution in [0.15, 0.2) is 36.9 Å². The number of hydrogen-bond acceptors (Lipinski definition) is 3. The molecular weight excluding hydrogens is 294 g/mol. The molecule has 1 aromatic carbocycles. The lowest BCUT2D eigenvalue weighted by molar-refractivity contribution is 0.395. The largest absolute Gasteiger partial charge is 0.363 e. The summed E-state index contributed by atoms with van der Waals surface area (Å²) in [5.41, 5.74) is 2.21. The molecule has 1 atom stereocenters. The Hall–Kier alpha value is -1.95. The van der Waals surface area contributed by atoms with Gasteiger partial charge in [-0.2, -0.15) is 5.10 Å². The maximum absolute atomic E-state index is 5.45. The average Bonchev–Trinajstić information content (AvgIpc) is 3.08. The number of hydrogen-bond donors (Lipinski definition) is 1. The van der Waals surface area contributed by atoms with Crippen molar-refractivity contribution >= 4 is 17.3 Å². The van der Waals surface area contributed by atoms with E-state index in [0.717, 1.165) is 23.8 Å². The van der Waals surface area contributed by atoms with Crippen molar-refractivity contribution in [3.8, 4) is 5.69 Å². The van der Waals surface area contributed by atoms with Crippen molar-refractivity contribution in [1.82, 2.24) is 25.0 Å². The number of benzene rings is 1. The first-order chi connectivity index (χ1) is 10.6. The van der Waals surface area contributed by atoms with E-state index in [1.807, 2.05) is 19.2 Å². The first-order valence-corrected chi connectivity index (χ1v) is 8.00. The zero-order chi connectivity index (χ0) is 15.9.